The van der Waals surface area contributed by atoms with E-state index < -0.39 is 0 Å². The highest BCUT2D eigenvalue weighted by Gasteiger charge is 2.43. The van der Waals surface area contributed by atoms with E-state index in [0.717, 1.165) is 17.9 Å². The van der Waals surface area contributed by atoms with E-state index in [0.29, 0.717) is 12.5 Å². The Hall–Kier alpha value is -1.35. The lowest BCUT2D eigenvalue weighted by atomic mass is 9.88. The van der Waals surface area contributed by atoms with Gasteiger partial charge in [0.05, 0.1) is 6.61 Å². The largest absolute Gasteiger partial charge is 0.272 e. The second kappa shape index (κ2) is 5.11. The molecule has 0 saturated heterocycles. The topological polar surface area (TPSA) is 38.3 Å². The number of hydroxylamine groups is 1. The maximum absolute atomic E-state index is 12.0. The predicted octanol–water partition coefficient (Wildman–Crippen LogP) is 2.67. The Morgan fingerprint density at radius 1 is 1.22 bits per heavy atom. The van der Waals surface area contributed by atoms with Crippen LogP contribution in [0.25, 0.3) is 0 Å². The fourth-order valence-corrected chi connectivity index (χ4v) is 3.41. The second-order valence-corrected chi connectivity index (χ2v) is 5.52. The van der Waals surface area contributed by atoms with Gasteiger partial charge in [0.1, 0.15) is 0 Å². The van der Waals surface area contributed by atoms with Crippen LogP contribution in [0.1, 0.15) is 31.2 Å². The minimum Gasteiger partial charge on any atom is -0.272 e. The molecule has 3 rings (SSSR count). The fourth-order valence-electron chi connectivity index (χ4n) is 3.41. The molecule has 96 valence electrons. The van der Waals surface area contributed by atoms with Crippen LogP contribution < -0.4 is 5.48 Å². The summed E-state index contributed by atoms with van der Waals surface area (Å²) in [6, 6.07) is 9.89. The Labute approximate surface area is 107 Å². The van der Waals surface area contributed by atoms with Crippen molar-refractivity contribution >= 4 is 5.91 Å². The zero-order valence-electron chi connectivity index (χ0n) is 10.5. The highest BCUT2D eigenvalue weighted by molar-refractivity contribution is 5.78. The maximum atomic E-state index is 12.0. The molecule has 3 heteroatoms. The van der Waals surface area contributed by atoms with Gasteiger partial charge in [-0.3, -0.25) is 9.63 Å². The summed E-state index contributed by atoms with van der Waals surface area (Å²) in [5, 5.41) is 0. The van der Waals surface area contributed by atoms with E-state index in [1.807, 2.05) is 30.3 Å². The first kappa shape index (κ1) is 11.7. The number of fused-ring (bicyclic) bond motifs is 2. The quantitative estimate of drug-likeness (QED) is 0.828. The molecule has 0 aliphatic heterocycles. The zero-order valence-corrected chi connectivity index (χ0v) is 10.5. The summed E-state index contributed by atoms with van der Waals surface area (Å²) in [6.45, 7) is 0.438. The van der Waals surface area contributed by atoms with Gasteiger partial charge in [-0.05, 0) is 36.7 Å². The Kier molecular flexibility index (Phi) is 3.33. The van der Waals surface area contributed by atoms with Gasteiger partial charge in [0.2, 0.25) is 5.91 Å². The Morgan fingerprint density at radius 2 is 2.06 bits per heavy atom. The van der Waals surface area contributed by atoms with Crippen LogP contribution in [0.15, 0.2) is 30.3 Å². The van der Waals surface area contributed by atoms with Crippen molar-refractivity contribution in [3.8, 4) is 0 Å². The average molecular weight is 245 g/mol. The van der Waals surface area contributed by atoms with Crippen LogP contribution in [0, 0.1) is 17.8 Å². The lowest BCUT2D eigenvalue weighted by molar-refractivity contribution is -0.140. The van der Waals surface area contributed by atoms with Crippen LogP contribution in [0.2, 0.25) is 0 Å². The van der Waals surface area contributed by atoms with Crippen molar-refractivity contribution in [2.75, 3.05) is 0 Å². The molecule has 0 aromatic heterocycles. The monoisotopic (exact) mass is 245 g/mol. The highest BCUT2D eigenvalue weighted by Crippen LogP contribution is 2.48. The third-order valence-corrected chi connectivity index (χ3v) is 4.33. The van der Waals surface area contributed by atoms with Gasteiger partial charge in [0.25, 0.3) is 0 Å². The Balaban J connectivity index is 1.45. The first-order valence-corrected chi connectivity index (χ1v) is 6.78. The molecule has 1 amide bonds. The Bertz CT molecular complexity index is 418. The van der Waals surface area contributed by atoms with Crippen molar-refractivity contribution in [2.45, 2.75) is 32.3 Å². The summed E-state index contributed by atoms with van der Waals surface area (Å²) >= 11 is 0. The van der Waals surface area contributed by atoms with Crippen molar-refractivity contribution < 1.29 is 9.63 Å². The maximum Gasteiger partial charge on any atom is 0.246 e. The molecular formula is C15H19NO2. The van der Waals surface area contributed by atoms with Gasteiger partial charge >= 0.3 is 0 Å². The third-order valence-electron chi connectivity index (χ3n) is 4.33. The highest BCUT2D eigenvalue weighted by atomic mass is 16.6. The van der Waals surface area contributed by atoms with Crippen molar-refractivity contribution in [3.63, 3.8) is 0 Å². The van der Waals surface area contributed by atoms with Crippen molar-refractivity contribution in [3.05, 3.63) is 35.9 Å². The first-order chi connectivity index (χ1) is 8.83. The summed E-state index contributed by atoms with van der Waals surface area (Å²) in [5.41, 5.74) is 3.69. The van der Waals surface area contributed by atoms with E-state index >= 15 is 0 Å². The van der Waals surface area contributed by atoms with Crippen LogP contribution in [0.3, 0.4) is 0 Å². The lowest BCUT2D eigenvalue weighted by Crippen LogP contribution is -2.33. The van der Waals surface area contributed by atoms with Gasteiger partial charge in [-0.2, -0.15) is 0 Å². The van der Waals surface area contributed by atoms with Gasteiger partial charge in [0.15, 0.2) is 0 Å². The molecule has 2 fully saturated rings. The minimum absolute atomic E-state index is 0.0816. The standard InChI is InChI=1S/C15H19NO2/c17-15(14-9-12-6-7-13(14)8-12)16-18-10-11-4-2-1-3-5-11/h1-5,12-14H,6-10H2,(H,16,17)/t12-,13-,14+/m0/s1. The number of hydrogen-bond donors (Lipinski definition) is 1. The fraction of sp³-hybridized carbons (Fsp3) is 0.533. The minimum atomic E-state index is 0.0816. The van der Waals surface area contributed by atoms with Crippen molar-refractivity contribution in [1.82, 2.24) is 5.48 Å². The first-order valence-electron chi connectivity index (χ1n) is 6.78. The molecule has 2 aliphatic rings. The molecule has 2 saturated carbocycles. The van der Waals surface area contributed by atoms with Crippen LogP contribution in [0.5, 0.6) is 0 Å². The summed E-state index contributed by atoms with van der Waals surface area (Å²) < 4.78 is 0. The summed E-state index contributed by atoms with van der Waals surface area (Å²) in [4.78, 5) is 17.3. The molecule has 1 aromatic carbocycles. The van der Waals surface area contributed by atoms with E-state index in [2.05, 4.69) is 5.48 Å². The Morgan fingerprint density at radius 3 is 2.72 bits per heavy atom. The molecular weight excluding hydrogens is 226 g/mol. The number of hydrogen-bond acceptors (Lipinski definition) is 2. The molecule has 2 bridgehead atoms. The summed E-state index contributed by atoms with van der Waals surface area (Å²) in [5.74, 6) is 1.67. The second-order valence-electron chi connectivity index (χ2n) is 5.52. The lowest BCUT2D eigenvalue weighted by Gasteiger charge is -2.20. The summed E-state index contributed by atoms with van der Waals surface area (Å²) in [6.07, 6.45) is 4.85. The van der Waals surface area contributed by atoms with Gasteiger partial charge in [-0.1, -0.05) is 36.8 Å². The van der Waals surface area contributed by atoms with Gasteiger partial charge in [-0.15, -0.1) is 0 Å². The number of rotatable bonds is 4. The molecule has 0 heterocycles. The predicted molar refractivity (Wildman–Crippen MR) is 68.3 cm³/mol. The normalized spacial score (nSPS) is 29.4. The smallest absolute Gasteiger partial charge is 0.246 e. The van der Waals surface area contributed by atoms with Gasteiger partial charge in [-0.25, -0.2) is 5.48 Å². The van der Waals surface area contributed by atoms with Crippen LogP contribution >= 0.6 is 0 Å². The van der Waals surface area contributed by atoms with Crippen LogP contribution in [-0.2, 0) is 16.2 Å². The van der Waals surface area contributed by atoms with Crippen LogP contribution in [-0.4, -0.2) is 5.91 Å². The number of carbonyl (C=O) groups is 1. The van der Waals surface area contributed by atoms with Gasteiger partial charge < -0.3 is 0 Å². The van der Waals surface area contributed by atoms with E-state index in [1.165, 1.54) is 19.3 Å². The van der Waals surface area contributed by atoms with E-state index in [-0.39, 0.29) is 11.8 Å². The zero-order chi connectivity index (χ0) is 12.4. The van der Waals surface area contributed by atoms with Crippen LogP contribution in [0.4, 0.5) is 0 Å². The SMILES string of the molecule is O=C(NOCc1ccccc1)[C@@H]1C[C@H]2CC[C@H]1C2. The molecule has 18 heavy (non-hydrogen) atoms. The summed E-state index contributed by atoms with van der Waals surface area (Å²) in [7, 11) is 0. The van der Waals surface area contributed by atoms with E-state index in [1.54, 1.807) is 0 Å². The third kappa shape index (κ3) is 2.41. The van der Waals surface area contributed by atoms with Gasteiger partial charge in [0, 0.05) is 5.92 Å². The molecule has 1 N–H and O–H groups in total. The molecule has 0 radical (unpaired) electrons. The number of nitrogens with one attached hydrogen (secondary N) is 1. The molecule has 0 unspecified atom stereocenters. The number of amides is 1. The number of carbonyl (C=O) groups excluding carboxylic acids is 1. The molecule has 3 nitrogen and oxygen atoms in total. The van der Waals surface area contributed by atoms with E-state index in [9.17, 15) is 4.79 Å². The van der Waals surface area contributed by atoms with E-state index in [4.69, 9.17) is 4.84 Å². The molecule has 3 atom stereocenters. The van der Waals surface area contributed by atoms with Crippen molar-refractivity contribution in [1.29, 1.82) is 0 Å². The number of benzene rings is 1. The molecule has 2 aliphatic carbocycles. The molecule has 1 aromatic rings. The average Bonchev–Trinajstić information content (AvgIpc) is 3.02. The molecule has 0 spiro atoms. The van der Waals surface area contributed by atoms with Crippen molar-refractivity contribution in [2.24, 2.45) is 17.8 Å².